The van der Waals surface area contributed by atoms with Crippen molar-refractivity contribution in [3.63, 3.8) is 0 Å². The Morgan fingerprint density at radius 3 is 1.17 bits per heavy atom. The molecule has 9 nitrogen and oxygen atoms in total. The van der Waals surface area contributed by atoms with Gasteiger partial charge in [-0.2, -0.15) is 36.5 Å². The van der Waals surface area contributed by atoms with Gasteiger partial charge in [-0.25, -0.2) is 0 Å². The van der Waals surface area contributed by atoms with Crippen molar-refractivity contribution in [2.75, 3.05) is 0 Å². The number of aryl methyl sites for hydroxylation is 12. The third kappa shape index (κ3) is 14.7. The van der Waals surface area contributed by atoms with Gasteiger partial charge in [-0.1, -0.05) is 115 Å². The fourth-order valence-corrected chi connectivity index (χ4v) is 13.9. The first-order chi connectivity index (χ1) is 48.7. The van der Waals surface area contributed by atoms with Gasteiger partial charge in [-0.15, -0.1) is 0 Å². The predicted octanol–water partition coefficient (Wildman–Crippen LogP) is 16.7. The van der Waals surface area contributed by atoms with Gasteiger partial charge in [0.05, 0.1) is 5.56 Å². The Hall–Kier alpha value is -11.7. The average Bonchev–Trinajstić information content (AvgIpc) is 1.68. The number of para-hydroxylation sites is 1. The first kappa shape index (κ1) is 69.2. The molecule has 0 aliphatic carbocycles. The largest absolute Gasteiger partial charge is 0.455 e. The summed E-state index contributed by atoms with van der Waals surface area (Å²) in [5.74, 6) is 0. The molecule has 9 heteroatoms. The molecule has 500 valence electrons. The van der Waals surface area contributed by atoms with Crippen LogP contribution in [0.3, 0.4) is 0 Å². The number of pyridine rings is 8. The van der Waals surface area contributed by atoms with Gasteiger partial charge >= 0.3 is 0 Å². The molecule has 0 saturated carbocycles. The summed E-state index contributed by atoms with van der Waals surface area (Å²) in [7, 11) is 17.0. The quantitative estimate of drug-likeness (QED) is 0.133. The fraction of sp³-hybridized carbons (Fsp3) is 0.174. The Labute approximate surface area is 597 Å². The van der Waals surface area contributed by atoms with Crippen LogP contribution in [0, 0.1) is 55.4 Å². The topological polar surface area (TPSA) is 44.2 Å². The zero-order valence-corrected chi connectivity index (χ0v) is 61.5. The molecule has 0 N–H and O–H groups in total. The van der Waals surface area contributed by atoms with E-state index in [0.717, 1.165) is 38.9 Å². The van der Waals surface area contributed by atoms with Gasteiger partial charge in [0.2, 0.25) is 22.8 Å². The van der Waals surface area contributed by atoms with Crippen LogP contribution in [0.15, 0.2) is 284 Å². The summed E-state index contributed by atoms with van der Waals surface area (Å²) in [4.78, 5) is 0. The van der Waals surface area contributed by atoms with Crippen LogP contribution in [0.2, 0.25) is 0 Å². The van der Waals surface area contributed by atoms with E-state index in [2.05, 4.69) is 410 Å². The standard InChI is InChI=1S/C25H22N2O.C25H24N2.2C21H24N2/c1-17-14-15-19-18-9-4-5-13-23(18)28-25(19)24(17)22-12-8-11-21(27(22)3)20-10-6-7-16-26(20)2;1-19-10-7-8-13-22(19)23-14-9-15-24(27(23)3)25-18-21(16-17-26(25)2)20-11-5-4-6-12-20;2*1-15-10-11-22(4)20(12-15)21-14-16(2)13-19(23(21)5)18-9-7-6-8-17(18)3/h4-16H,1-3H3;4-18H,1-3H3;2*6-14H,1-5H3/q4*+2. The zero-order valence-electron chi connectivity index (χ0n) is 61.5. The van der Waals surface area contributed by atoms with Gasteiger partial charge < -0.3 is 4.42 Å². The van der Waals surface area contributed by atoms with Crippen molar-refractivity contribution < 1.29 is 41.0 Å². The number of fused-ring (bicyclic) bond motifs is 3. The Kier molecular flexibility index (Phi) is 20.7. The Morgan fingerprint density at radius 2 is 0.624 bits per heavy atom. The lowest BCUT2D eigenvalue weighted by atomic mass is 10.00. The molecular formula is C92H94N8O+8. The van der Waals surface area contributed by atoms with Crippen molar-refractivity contribution in [2.45, 2.75) is 55.4 Å². The SMILES string of the molecule is Cc1cc[n+](C)c(-c2cc(C)cc(-c3ccccc3C)[n+]2C)c1.Cc1cc[n+](C)c(-c2cc(C)cc(-c3ccccc3C)[n+]2C)c1.Cc1ccc2c(oc3ccccc32)c1-c1cccc(-c2cccc[n+]2C)[n+]1C.Cc1ccccc1-c1cccc(-c2cc(-c3ccccc3)cc[n+]2C)[n+]1C. The molecule has 0 amide bonds. The number of hydrogen-bond acceptors (Lipinski definition) is 1. The third-order valence-corrected chi connectivity index (χ3v) is 19.6. The van der Waals surface area contributed by atoms with E-state index in [0.29, 0.717) is 0 Å². The van der Waals surface area contributed by atoms with Crippen LogP contribution in [-0.2, 0) is 56.4 Å². The van der Waals surface area contributed by atoms with Crippen LogP contribution in [0.25, 0.3) is 124 Å². The highest BCUT2D eigenvalue weighted by Crippen LogP contribution is 2.38. The lowest BCUT2D eigenvalue weighted by molar-refractivity contribution is -0.685. The lowest BCUT2D eigenvalue weighted by Crippen LogP contribution is -2.40. The molecule has 0 atom stereocenters. The number of hydrogen-bond donors (Lipinski definition) is 0. The van der Waals surface area contributed by atoms with Gasteiger partial charge in [-0.3, -0.25) is 0 Å². The van der Waals surface area contributed by atoms with E-state index in [4.69, 9.17) is 4.42 Å². The maximum absolute atomic E-state index is 6.32. The highest BCUT2D eigenvalue weighted by molar-refractivity contribution is 6.09. The second-order valence-corrected chi connectivity index (χ2v) is 27.0. The smallest absolute Gasteiger partial charge is 0.277 e. The van der Waals surface area contributed by atoms with Crippen LogP contribution in [0.4, 0.5) is 0 Å². The fourth-order valence-electron chi connectivity index (χ4n) is 13.9. The van der Waals surface area contributed by atoms with Crippen LogP contribution < -0.4 is 36.5 Å². The molecule has 0 saturated heterocycles. The molecule has 0 bridgehead atoms. The van der Waals surface area contributed by atoms with Crippen molar-refractivity contribution in [1.82, 2.24) is 0 Å². The monoisotopic (exact) mass is 1330 g/mol. The molecule has 0 unspecified atom stereocenters. The number of nitrogens with zero attached hydrogens (tertiary/aromatic N) is 8. The summed E-state index contributed by atoms with van der Waals surface area (Å²) in [6, 6.07) is 90.3. The molecule has 6 aromatic carbocycles. The molecule has 0 radical (unpaired) electrons. The molecule has 0 aliphatic rings. The second-order valence-electron chi connectivity index (χ2n) is 27.0. The highest BCUT2D eigenvalue weighted by Gasteiger charge is 2.30. The van der Waals surface area contributed by atoms with E-state index >= 15 is 0 Å². The van der Waals surface area contributed by atoms with E-state index in [1.54, 1.807) is 0 Å². The van der Waals surface area contributed by atoms with Crippen molar-refractivity contribution in [3.05, 3.63) is 324 Å². The summed E-state index contributed by atoms with van der Waals surface area (Å²) in [5, 5.41) is 2.32. The maximum Gasteiger partial charge on any atom is 0.277 e. The van der Waals surface area contributed by atoms with Crippen molar-refractivity contribution >= 4 is 21.9 Å². The maximum atomic E-state index is 6.32. The summed E-state index contributed by atoms with van der Waals surface area (Å²) in [5.41, 5.74) is 34.0. The predicted molar refractivity (Wildman–Crippen MR) is 409 cm³/mol. The molecule has 0 spiro atoms. The van der Waals surface area contributed by atoms with Gasteiger partial charge in [0.15, 0.2) is 24.8 Å². The van der Waals surface area contributed by atoms with Crippen LogP contribution in [-0.4, -0.2) is 0 Å². The normalized spacial score (nSPS) is 11.0. The van der Waals surface area contributed by atoms with Gasteiger partial charge in [0.1, 0.15) is 67.5 Å². The van der Waals surface area contributed by atoms with Gasteiger partial charge in [0.25, 0.3) is 45.6 Å². The van der Waals surface area contributed by atoms with Gasteiger partial charge in [0, 0.05) is 125 Å². The first-order valence-electron chi connectivity index (χ1n) is 34.8. The van der Waals surface area contributed by atoms with Crippen LogP contribution in [0.5, 0.6) is 0 Å². The van der Waals surface area contributed by atoms with E-state index in [1.807, 2.05) is 18.2 Å². The molecule has 15 aromatic rings. The Balaban J connectivity index is 0.000000128. The summed E-state index contributed by atoms with van der Waals surface area (Å²) in [6.45, 7) is 17.3. The molecule has 9 heterocycles. The van der Waals surface area contributed by atoms with E-state index in [1.165, 1.54) is 129 Å². The molecule has 101 heavy (non-hydrogen) atoms. The van der Waals surface area contributed by atoms with Gasteiger partial charge in [-0.05, 0) is 153 Å². The zero-order chi connectivity index (χ0) is 71.2. The van der Waals surface area contributed by atoms with Crippen molar-refractivity contribution in [2.24, 2.45) is 56.4 Å². The minimum atomic E-state index is 0.928. The highest BCUT2D eigenvalue weighted by atomic mass is 16.3. The minimum Gasteiger partial charge on any atom is -0.455 e. The third-order valence-electron chi connectivity index (χ3n) is 19.6. The van der Waals surface area contributed by atoms with Crippen molar-refractivity contribution in [3.8, 4) is 102 Å². The van der Waals surface area contributed by atoms with Crippen LogP contribution >= 0.6 is 0 Å². The van der Waals surface area contributed by atoms with E-state index < -0.39 is 0 Å². The summed E-state index contributed by atoms with van der Waals surface area (Å²) < 4.78 is 24.2. The summed E-state index contributed by atoms with van der Waals surface area (Å²) >= 11 is 0. The summed E-state index contributed by atoms with van der Waals surface area (Å²) in [6.07, 6.45) is 8.46. The molecule has 0 aliphatic heterocycles. The van der Waals surface area contributed by atoms with Crippen molar-refractivity contribution in [1.29, 1.82) is 0 Å². The molecular weight excluding hydrogens is 1230 g/mol. The number of aromatic nitrogens is 8. The molecule has 15 rings (SSSR count). The number of rotatable bonds is 9. The minimum absolute atomic E-state index is 0.928. The first-order valence-corrected chi connectivity index (χ1v) is 34.8. The van der Waals surface area contributed by atoms with Crippen LogP contribution in [0.1, 0.15) is 44.5 Å². The molecule has 9 aromatic heterocycles. The Morgan fingerprint density at radius 1 is 0.228 bits per heavy atom. The lowest BCUT2D eigenvalue weighted by Gasteiger charge is -2.08. The molecule has 0 fully saturated rings. The second kappa shape index (κ2) is 30.2. The number of benzene rings is 6. The average molecular weight is 1330 g/mol. The number of furan rings is 1. The Bertz CT molecular complexity index is 5420. The van der Waals surface area contributed by atoms with E-state index in [-0.39, 0.29) is 0 Å². The van der Waals surface area contributed by atoms with E-state index in [9.17, 15) is 0 Å².